The predicted molar refractivity (Wildman–Crippen MR) is 55.3 cm³/mol. The number of likely N-dealkylation sites (N-methyl/N-ethyl adjacent to an activating group) is 1. The van der Waals surface area contributed by atoms with E-state index >= 15 is 0 Å². The Morgan fingerprint density at radius 3 is 2.50 bits per heavy atom. The van der Waals surface area contributed by atoms with Crippen LogP contribution in [0.15, 0.2) is 0 Å². The summed E-state index contributed by atoms with van der Waals surface area (Å²) in [5.74, 6) is 0. The maximum Gasteiger partial charge on any atom is 0.410 e. The first-order valence-electron chi connectivity index (χ1n) is 5.06. The van der Waals surface area contributed by atoms with Crippen molar-refractivity contribution in [2.45, 2.75) is 38.8 Å². The predicted octanol–water partition coefficient (Wildman–Crippen LogP) is 1.22. The lowest BCUT2D eigenvalue weighted by Gasteiger charge is -2.32. The molecule has 1 saturated heterocycles. The van der Waals surface area contributed by atoms with Gasteiger partial charge in [-0.25, -0.2) is 4.79 Å². The molecule has 0 saturated carbocycles. The Labute approximate surface area is 85.6 Å². The molecule has 0 aromatic heterocycles. The molecule has 0 spiro atoms. The summed E-state index contributed by atoms with van der Waals surface area (Å²) in [4.78, 5) is 13.1. The van der Waals surface area contributed by atoms with Crippen LogP contribution in [-0.2, 0) is 4.74 Å². The highest BCUT2D eigenvalue weighted by molar-refractivity contribution is 5.67. The number of amides is 1. The molecule has 4 heteroatoms. The molecule has 0 bridgehead atoms. The molecule has 1 heterocycles. The highest BCUT2D eigenvalue weighted by Gasteiger charge is 2.24. The first-order chi connectivity index (χ1) is 6.38. The highest BCUT2D eigenvalue weighted by Crippen LogP contribution is 2.10. The third kappa shape index (κ3) is 3.54. The number of hydrogen-bond donors (Lipinski definition) is 1. The Balaban J connectivity index is 2.28. The zero-order valence-corrected chi connectivity index (χ0v) is 9.46. The van der Waals surface area contributed by atoms with Crippen LogP contribution >= 0.6 is 0 Å². The summed E-state index contributed by atoms with van der Waals surface area (Å²) in [5.41, 5.74) is -0.404. The number of nitrogens with zero attached hydrogens (tertiary/aromatic N) is 1. The zero-order chi connectivity index (χ0) is 10.8. The number of carbonyl (C=O) groups is 1. The van der Waals surface area contributed by atoms with E-state index in [4.69, 9.17) is 4.74 Å². The first kappa shape index (κ1) is 11.3. The molecule has 1 amide bonds. The number of ether oxygens (including phenoxy) is 1. The number of nitrogens with one attached hydrogen (secondary N) is 1. The van der Waals surface area contributed by atoms with E-state index in [9.17, 15) is 4.79 Å². The van der Waals surface area contributed by atoms with Crippen LogP contribution in [0.25, 0.3) is 0 Å². The standard InChI is InChI=1S/C10H20N2O2/c1-10(2,3)14-9(13)12(4)7-8-5-6-11-8/h8,11H,5-7H2,1-4H3. The second-order valence-electron chi connectivity index (χ2n) is 4.80. The molecule has 82 valence electrons. The third-order valence-corrected chi connectivity index (χ3v) is 2.13. The molecule has 0 aromatic carbocycles. The van der Waals surface area contributed by atoms with Crippen molar-refractivity contribution < 1.29 is 9.53 Å². The normalized spacial score (nSPS) is 21.3. The number of carbonyl (C=O) groups excluding carboxylic acids is 1. The lowest BCUT2D eigenvalue weighted by Crippen LogP contribution is -2.51. The van der Waals surface area contributed by atoms with Crippen molar-refractivity contribution in [1.29, 1.82) is 0 Å². The van der Waals surface area contributed by atoms with E-state index < -0.39 is 5.60 Å². The van der Waals surface area contributed by atoms with Crippen molar-refractivity contribution in [2.24, 2.45) is 0 Å². The summed E-state index contributed by atoms with van der Waals surface area (Å²) < 4.78 is 5.23. The van der Waals surface area contributed by atoms with E-state index in [-0.39, 0.29) is 6.09 Å². The van der Waals surface area contributed by atoms with Gasteiger partial charge in [0.1, 0.15) is 5.60 Å². The highest BCUT2D eigenvalue weighted by atomic mass is 16.6. The molecule has 1 fully saturated rings. The van der Waals surface area contributed by atoms with Crippen LogP contribution in [0, 0.1) is 0 Å². The molecule has 1 unspecified atom stereocenters. The van der Waals surface area contributed by atoms with Crippen molar-refractivity contribution in [3.63, 3.8) is 0 Å². The minimum Gasteiger partial charge on any atom is -0.444 e. The van der Waals surface area contributed by atoms with Gasteiger partial charge in [-0.2, -0.15) is 0 Å². The average molecular weight is 200 g/mol. The Kier molecular flexibility index (Phi) is 3.37. The summed E-state index contributed by atoms with van der Waals surface area (Å²) in [5, 5.41) is 3.24. The molecular weight excluding hydrogens is 180 g/mol. The fourth-order valence-corrected chi connectivity index (χ4v) is 1.25. The van der Waals surface area contributed by atoms with Gasteiger partial charge in [0.05, 0.1) is 0 Å². The lowest BCUT2D eigenvalue weighted by atomic mass is 10.1. The summed E-state index contributed by atoms with van der Waals surface area (Å²) in [7, 11) is 1.77. The van der Waals surface area contributed by atoms with Gasteiger partial charge in [-0.15, -0.1) is 0 Å². The fourth-order valence-electron chi connectivity index (χ4n) is 1.25. The van der Waals surface area contributed by atoms with Crippen LogP contribution in [0.1, 0.15) is 27.2 Å². The molecule has 0 radical (unpaired) electrons. The van der Waals surface area contributed by atoms with Gasteiger partial charge in [0.15, 0.2) is 0 Å². The van der Waals surface area contributed by atoms with Crippen molar-refractivity contribution in [3.8, 4) is 0 Å². The van der Waals surface area contributed by atoms with Crippen molar-refractivity contribution in [2.75, 3.05) is 20.1 Å². The average Bonchev–Trinajstić information content (AvgIpc) is 1.92. The minimum atomic E-state index is -0.404. The monoisotopic (exact) mass is 200 g/mol. The van der Waals surface area contributed by atoms with E-state index in [0.29, 0.717) is 6.04 Å². The molecular formula is C10H20N2O2. The minimum absolute atomic E-state index is 0.244. The Hall–Kier alpha value is -0.770. The van der Waals surface area contributed by atoms with Crippen LogP contribution in [0.4, 0.5) is 4.79 Å². The molecule has 1 atom stereocenters. The summed E-state index contributed by atoms with van der Waals surface area (Å²) in [6, 6.07) is 0.451. The smallest absolute Gasteiger partial charge is 0.410 e. The van der Waals surface area contributed by atoms with E-state index in [0.717, 1.165) is 19.5 Å². The maximum absolute atomic E-state index is 11.5. The van der Waals surface area contributed by atoms with E-state index in [1.165, 1.54) is 0 Å². The van der Waals surface area contributed by atoms with Crippen LogP contribution < -0.4 is 5.32 Å². The van der Waals surface area contributed by atoms with Gasteiger partial charge < -0.3 is 15.0 Å². The van der Waals surface area contributed by atoms with Gasteiger partial charge in [0.25, 0.3) is 0 Å². The van der Waals surface area contributed by atoms with Gasteiger partial charge in [0, 0.05) is 19.6 Å². The van der Waals surface area contributed by atoms with Crippen molar-refractivity contribution >= 4 is 6.09 Å². The third-order valence-electron chi connectivity index (χ3n) is 2.13. The van der Waals surface area contributed by atoms with E-state index in [2.05, 4.69) is 5.32 Å². The molecule has 1 N–H and O–H groups in total. The topological polar surface area (TPSA) is 41.6 Å². The zero-order valence-electron chi connectivity index (χ0n) is 9.46. The molecule has 1 rings (SSSR count). The fraction of sp³-hybridized carbons (Fsp3) is 0.900. The Morgan fingerprint density at radius 1 is 1.57 bits per heavy atom. The molecule has 0 aromatic rings. The van der Waals surface area contributed by atoms with Gasteiger partial charge in [0.2, 0.25) is 0 Å². The van der Waals surface area contributed by atoms with Crippen molar-refractivity contribution in [3.05, 3.63) is 0 Å². The quantitative estimate of drug-likeness (QED) is 0.728. The Morgan fingerprint density at radius 2 is 2.14 bits per heavy atom. The lowest BCUT2D eigenvalue weighted by molar-refractivity contribution is 0.0269. The Bertz CT molecular complexity index is 207. The van der Waals surface area contributed by atoms with Crippen LogP contribution in [0.5, 0.6) is 0 Å². The maximum atomic E-state index is 11.5. The van der Waals surface area contributed by atoms with Gasteiger partial charge in [-0.1, -0.05) is 0 Å². The second-order valence-corrected chi connectivity index (χ2v) is 4.80. The van der Waals surface area contributed by atoms with E-state index in [1.54, 1.807) is 11.9 Å². The number of rotatable bonds is 2. The van der Waals surface area contributed by atoms with Crippen molar-refractivity contribution in [1.82, 2.24) is 10.2 Å². The van der Waals surface area contributed by atoms with Gasteiger partial charge >= 0.3 is 6.09 Å². The summed E-state index contributed by atoms with van der Waals surface area (Å²) in [6.07, 6.45) is 0.902. The molecule has 4 nitrogen and oxygen atoms in total. The molecule has 0 aliphatic carbocycles. The SMILES string of the molecule is CN(CC1CCN1)C(=O)OC(C)(C)C. The summed E-state index contributed by atoms with van der Waals surface area (Å²) >= 11 is 0. The van der Waals surface area contributed by atoms with Gasteiger partial charge in [-0.05, 0) is 33.7 Å². The molecule has 1 aliphatic rings. The largest absolute Gasteiger partial charge is 0.444 e. The molecule has 1 aliphatic heterocycles. The van der Waals surface area contributed by atoms with Crippen LogP contribution in [-0.4, -0.2) is 42.8 Å². The van der Waals surface area contributed by atoms with Gasteiger partial charge in [-0.3, -0.25) is 0 Å². The van der Waals surface area contributed by atoms with E-state index in [1.807, 2.05) is 20.8 Å². The van der Waals surface area contributed by atoms with Crippen LogP contribution in [0.3, 0.4) is 0 Å². The second kappa shape index (κ2) is 4.17. The molecule has 14 heavy (non-hydrogen) atoms. The number of hydrogen-bond acceptors (Lipinski definition) is 3. The van der Waals surface area contributed by atoms with Crippen LogP contribution in [0.2, 0.25) is 0 Å². The summed E-state index contributed by atoms with van der Waals surface area (Å²) in [6.45, 7) is 7.42. The first-order valence-corrected chi connectivity index (χ1v) is 5.06.